The van der Waals surface area contributed by atoms with Crippen LogP contribution >= 0.6 is 0 Å². The van der Waals surface area contributed by atoms with Crippen LogP contribution in [0.5, 0.6) is 0 Å². The molecule has 1 aromatic carbocycles. The molecule has 0 aliphatic heterocycles. The maximum atomic E-state index is 4.28. The summed E-state index contributed by atoms with van der Waals surface area (Å²) in [6, 6.07) is 4.40. The van der Waals surface area contributed by atoms with Gasteiger partial charge in [0.25, 0.3) is 0 Å². The Balaban J connectivity index is 1.88. The second-order valence-corrected chi connectivity index (χ2v) is 11.7. The van der Waals surface area contributed by atoms with Gasteiger partial charge in [-0.1, -0.05) is 158 Å². The molecule has 1 atom stereocenters. The molecule has 2 rings (SSSR count). The normalized spacial score (nSPS) is 19.5. The fourth-order valence-electron chi connectivity index (χ4n) is 4.62. The first-order valence-corrected chi connectivity index (χ1v) is 14.4. The molecule has 40 heavy (non-hydrogen) atoms. The lowest BCUT2D eigenvalue weighted by Gasteiger charge is -2.34. The van der Waals surface area contributed by atoms with Crippen molar-refractivity contribution in [3.63, 3.8) is 0 Å². The molecule has 0 fully saturated rings. The Bertz CT molecular complexity index is 1350. The Morgan fingerprint density at radius 3 is 1.82 bits per heavy atom. The third-order valence-electron chi connectivity index (χ3n) is 7.61. The van der Waals surface area contributed by atoms with E-state index in [-0.39, 0.29) is 5.41 Å². The van der Waals surface area contributed by atoms with Crippen LogP contribution in [0.1, 0.15) is 70.2 Å². The van der Waals surface area contributed by atoms with Gasteiger partial charge in [-0.15, -0.1) is 0 Å². The molecule has 0 amide bonds. The van der Waals surface area contributed by atoms with Crippen LogP contribution in [0.3, 0.4) is 0 Å². The topological polar surface area (TPSA) is 0 Å². The number of aryl methyl sites for hydroxylation is 1. The minimum atomic E-state index is 0.129. The minimum absolute atomic E-state index is 0.129. The lowest BCUT2D eigenvalue weighted by Crippen LogP contribution is -2.24. The molecule has 0 saturated carbocycles. The molecule has 210 valence electrons. The van der Waals surface area contributed by atoms with E-state index < -0.39 is 0 Å². The van der Waals surface area contributed by atoms with E-state index in [2.05, 4.69) is 178 Å². The highest BCUT2D eigenvalue weighted by Crippen LogP contribution is 2.39. The van der Waals surface area contributed by atoms with Crippen LogP contribution in [0.4, 0.5) is 0 Å². The van der Waals surface area contributed by atoms with E-state index in [1.165, 1.54) is 50.1 Å². The summed E-state index contributed by atoms with van der Waals surface area (Å²) in [6.07, 6.45) is 35.7. The smallest absolute Gasteiger partial charge is 0.00661 e. The summed E-state index contributed by atoms with van der Waals surface area (Å²) in [5, 5.41) is 0. The Labute approximate surface area is 245 Å². The molecule has 0 radical (unpaired) electrons. The highest BCUT2D eigenvalue weighted by atomic mass is 14.3. The predicted molar refractivity (Wildman–Crippen MR) is 181 cm³/mol. The van der Waals surface area contributed by atoms with Gasteiger partial charge in [0.1, 0.15) is 0 Å². The number of hydrogen-bond donors (Lipinski definition) is 0. The van der Waals surface area contributed by atoms with Crippen LogP contribution in [0.25, 0.3) is 6.08 Å². The first-order chi connectivity index (χ1) is 18.9. The van der Waals surface area contributed by atoms with Crippen molar-refractivity contribution in [1.82, 2.24) is 0 Å². The Hall–Kier alpha value is -3.64. The van der Waals surface area contributed by atoms with E-state index in [1.807, 2.05) is 0 Å². The predicted octanol–water partition coefficient (Wildman–Crippen LogP) is 11.8. The molecule has 1 aliphatic carbocycles. The second kappa shape index (κ2) is 15.8. The Kier molecular flexibility index (Phi) is 12.9. The zero-order valence-electron chi connectivity index (χ0n) is 26.4. The highest BCUT2D eigenvalue weighted by Gasteiger charge is 2.29. The van der Waals surface area contributed by atoms with E-state index in [0.717, 1.165) is 6.42 Å². The maximum Gasteiger partial charge on any atom is 0.00661 e. The van der Waals surface area contributed by atoms with Crippen LogP contribution in [0.15, 0.2) is 138 Å². The summed E-state index contributed by atoms with van der Waals surface area (Å²) in [7, 11) is 0. The molecule has 0 nitrogen and oxygen atoms in total. The molecule has 0 saturated heterocycles. The van der Waals surface area contributed by atoms with E-state index in [9.17, 15) is 0 Å². The summed E-state index contributed by atoms with van der Waals surface area (Å²) in [6.45, 7) is 23.9. The zero-order valence-corrected chi connectivity index (χ0v) is 26.4. The third kappa shape index (κ3) is 10.9. The monoisotopic (exact) mass is 530 g/mol. The summed E-state index contributed by atoms with van der Waals surface area (Å²) in [5.74, 6) is 0.387. The molecule has 1 aromatic rings. The van der Waals surface area contributed by atoms with E-state index in [1.54, 1.807) is 0 Å². The molecule has 0 heterocycles. The fourth-order valence-corrected chi connectivity index (χ4v) is 4.62. The molecular formula is C40H50. The van der Waals surface area contributed by atoms with Crippen LogP contribution in [-0.2, 0) is 0 Å². The second-order valence-electron chi connectivity index (χ2n) is 11.7. The highest BCUT2D eigenvalue weighted by molar-refractivity contribution is 5.59. The minimum Gasteiger partial charge on any atom is -0.0989 e. The van der Waals surface area contributed by atoms with Gasteiger partial charge in [-0.2, -0.15) is 0 Å². The van der Waals surface area contributed by atoms with E-state index in [4.69, 9.17) is 0 Å². The van der Waals surface area contributed by atoms with Gasteiger partial charge in [0, 0.05) is 5.92 Å². The quantitative estimate of drug-likeness (QED) is 0.208. The van der Waals surface area contributed by atoms with Gasteiger partial charge < -0.3 is 0 Å². The third-order valence-corrected chi connectivity index (χ3v) is 7.61. The maximum absolute atomic E-state index is 4.28. The average molecular weight is 531 g/mol. The average Bonchev–Trinajstić information content (AvgIpc) is 2.88. The molecule has 0 spiro atoms. The Morgan fingerprint density at radius 2 is 1.25 bits per heavy atom. The van der Waals surface area contributed by atoms with E-state index in [0.29, 0.717) is 5.92 Å². The van der Waals surface area contributed by atoms with Crippen LogP contribution in [0, 0.1) is 32.1 Å². The van der Waals surface area contributed by atoms with Crippen molar-refractivity contribution in [2.75, 3.05) is 0 Å². The summed E-state index contributed by atoms with van der Waals surface area (Å²) < 4.78 is 0. The summed E-state index contributed by atoms with van der Waals surface area (Å²) >= 11 is 0. The van der Waals surface area contributed by atoms with Crippen LogP contribution in [0.2, 0.25) is 0 Å². The molecule has 1 aliphatic rings. The summed E-state index contributed by atoms with van der Waals surface area (Å²) in [4.78, 5) is 0. The van der Waals surface area contributed by atoms with Gasteiger partial charge in [0.05, 0.1) is 0 Å². The van der Waals surface area contributed by atoms with Crippen molar-refractivity contribution in [2.24, 2.45) is 11.3 Å². The number of benzene rings is 1. The molecule has 0 N–H and O–H groups in total. The van der Waals surface area contributed by atoms with Crippen LogP contribution < -0.4 is 0 Å². The van der Waals surface area contributed by atoms with Crippen LogP contribution in [-0.4, -0.2) is 0 Å². The van der Waals surface area contributed by atoms with Crippen molar-refractivity contribution in [1.29, 1.82) is 0 Å². The number of hydrogen-bond acceptors (Lipinski definition) is 0. The van der Waals surface area contributed by atoms with Gasteiger partial charge >= 0.3 is 0 Å². The van der Waals surface area contributed by atoms with Crippen molar-refractivity contribution in [2.45, 2.75) is 68.7 Å². The molecule has 0 unspecified atom stereocenters. The van der Waals surface area contributed by atoms with Gasteiger partial charge in [0.2, 0.25) is 0 Å². The molecular weight excluding hydrogens is 480 g/mol. The standard InChI is InChI=1S/C40H50/c1-30(18-13-20-32(3)23-26-38-27-25-34(5)36(7)37(38)8)16-11-12-17-31(2)19-14-21-33(4)24-28-39-35(6)22-15-29-40(39,9)10/h11-21,23-29,39H,6,22H2,1-5,7-10H3/b12-11+,18-13+,19-14+,26-23+,28-24+,30-16+,31-17+,32-20+,33-21+/t39-/m1/s1. The molecule has 0 heteroatoms. The van der Waals surface area contributed by atoms with Gasteiger partial charge in [-0.05, 0) is 82.6 Å². The fraction of sp³-hybridized carbons (Fsp3) is 0.300. The number of allylic oxidation sites excluding steroid dienone is 20. The van der Waals surface area contributed by atoms with Gasteiger partial charge in [0.15, 0.2) is 0 Å². The molecule has 0 aromatic heterocycles. The van der Waals surface area contributed by atoms with Crippen molar-refractivity contribution in [3.8, 4) is 0 Å². The zero-order chi connectivity index (χ0) is 29.7. The first-order valence-electron chi connectivity index (χ1n) is 14.4. The first kappa shape index (κ1) is 32.6. The largest absolute Gasteiger partial charge is 0.0989 e. The summed E-state index contributed by atoms with van der Waals surface area (Å²) in [5.41, 5.74) is 11.7. The van der Waals surface area contributed by atoms with Crippen molar-refractivity contribution < 1.29 is 0 Å². The van der Waals surface area contributed by atoms with Crippen molar-refractivity contribution in [3.05, 3.63) is 160 Å². The lowest BCUT2D eigenvalue weighted by atomic mass is 9.70. The van der Waals surface area contributed by atoms with Gasteiger partial charge in [-0.25, -0.2) is 0 Å². The molecule has 0 bridgehead atoms. The van der Waals surface area contributed by atoms with Gasteiger partial charge in [-0.3, -0.25) is 0 Å². The SMILES string of the molecule is C=C1CC=CC(C)(C)[C@@H]1/C=C/C(C)=C/C=C/C(C)=C/C=C/C=C(C)/C=C/C=C(C)/C=C/c1ccc(C)c(C)c1C. The lowest BCUT2D eigenvalue weighted by molar-refractivity contribution is 0.371. The van der Waals surface area contributed by atoms with Crippen molar-refractivity contribution >= 4 is 6.08 Å². The van der Waals surface area contributed by atoms with E-state index >= 15 is 0 Å². The number of rotatable bonds is 10. The Morgan fingerprint density at radius 1 is 0.725 bits per heavy atom.